The number of halogens is 1. The predicted octanol–water partition coefficient (Wildman–Crippen LogP) is 4.24. The number of methoxy groups -OCH3 is 1. The van der Waals surface area contributed by atoms with Gasteiger partial charge in [-0.3, -0.25) is 4.79 Å². The van der Waals surface area contributed by atoms with Crippen LogP contribution >= 0.6 is 11.6 Å². The fourth-order valence-electron chi connectivity index (χ4n) is 2.53. The second-order valence-electron chi connectivity index (χ2n) is 5.48. The Balaban J connectivity index is 1.86. The molecule has 25 heavy (non-hydrogen) atoms. The van der Waals surface area contributed by atoms with Gasteiger partial charge < -0.3 is 14.6 Å². The molecule has 128 valence electrons. The maximum atomic E-state index is 12.7. The molecule has 0 saturated carbocycles. The highest BCUT2D eigenvalue weighted by molar-refractivity contribution is 6.30. The van der Waals surface area contributed by atoms with E-state index >= 15 is 0 Å². The van der Waals surface area contributed by atoms with Gasteiger partial charge in [-0.2, -0.15) is 0 Å². The minimum absolute atomic E-state index is 0.255. The second kappa shape index (κ2) is 7.40. The monoisotopic (exact) mass is 356 g/mol. The fourth-order valence-corrected chi connectivity index (χ4v) is 2.65. The Hall–Kier alpha value is -2.79. The molecule has 0 aliphatic heterocycles. The molecule has 1 heterocycles. The zero-order chi connectivity index (χ0) is 17.8. The molecule has 0 fully saturated rings. The van der Waals surface area contributed by atoms with Crippen LogP contribution in [0.5, 0.6) is 5.75 Å². The van der Waals surface area contributed by atoms with E-state index in [-0.39, 0.29) is 5.91 Å². The zero-order valence-corrected chi connectivity index (χ0v) is 14.6. The van der Waals surface area contributed by atoms with Gasteiger partial charge >= 0.3 is 0 Å². The van der Waals surface area contributed by atoms with E-state index in [1.165, 1.54) is 0 Å². The number of aryl methyl sites for hydroxylation is 1. The predicted molar refractivity (Wildman–Crippen MR) is 95.9 cm³/mol. The molecule has 0 bridgehead atoms. The molecule has 1 aromatic heterocycles. The van der Waals surface area contributed by atoms with Crippen LogP contribution < -0.4 is 10.1 Å². The number of aromatic nitrogens is 1. The van der Waals surface area contributed by atoms with Gasteiger partial charge in [0.25, 0.3) is 5.91 Å². The lowest BCUT2D eigenvalue weighted by Gasteiger charge is -2.08. The maximum absolute atomic E-state index is 12.7. The minimum Gasteiger partial charge on any atom is -0.496 e. The van der Waals surface area contributed by atoms with Gasteiger partial charge in [0.05, 0.1) is 18.4 Å². The molecule has 5 nitrogen and oxygen atoms in total. The number of ether oxygens (including phenoxy) is 1. The van der Waals surface area contributed by atoms with Gasteiger partial charge in [-0.25, -0.2) is 0 Å². The topological polar surface area (TPSA) is 64.4 Å². The molecule has 0 atom stereocenters. The summed E-state index contributed by atoms with van der Waals surface area (Å²) in [6.45, 7) is 2.12. The van der Waals surface area contributed by atoms with Gasteiger partial charge in [0, 0.05) is 11.6 Å². The Morgan fingerprint density at radius 2 is 1.92 bits per heavy atom. The lowest BCUT2D eigenvalue weighted by Crippen LogP contribution is -2.23. The minimum atomic E-state index is -0.255. The van der Waals surface area contributed by atoms with Crippen molar-refractivity contribution in [2.75, 3.05) is 7.11 Å². The summed E-state index contributed by atoms with van der Waals surface area (Å²) in [6.07, 6.45) is 0. The van der Waals surface area contributed by atoms with E-state index in [2.05, 4.69) is 10.5 Å². The number of para-hydroxylation sites is 1. The quantitative estimate of drug-likeness (QED) is 0.742. The summed E-state index contributed by atoms with van der Waals surface area (Å²) in [4.78, 5) is 12.7. The average molecular weight is 357 g/mol. The lowest BCUT2D eigenvalue weighted by molar-refractivity contribution is 0.0950. The molecular formula is C19H17ClN2O3. The van der Waals surface area contributed by atoms with Gasteiger partial charge in [0.2, 0.25) is 0 Å². The van der Waals surface area contributed by atoms with Gasteiger partial charge in [-0.15, -0.1) is 0 Å². The van der Waals surface area contributed by atoms with Gasteiger partial charge in [-0.1, -0.05) is 41.0 Å². The van der Waals surface area contributed by atoms with Crippen molar-refractivity contribution in [2.24, 2.45) is 0 Å². The summed E-state index contributed by atoms with van der Waals surface area (Å²) >= 11 is 5.87. The third kappa shape index (κ3) is 3.67. The van der Waals surface area contributed by atoms with E-state index in [4.69, 9.17) is 20.9 Å². The number of nitrogens with one attached hydrogen (secondary N) is 1. The summed E-state index contributed by atoms with van der Waals surface area (Å²) in [5.74, 6) is 0.753. The first-order chi connectivity index (χ1) is 12.1. The second-order valence-corrected chi connectivity index (χ2v) is 5.92. The Morgan fingerprint density at radius 3 is 2.64 bits per heavy atom. The van der Waals surface area contributed by atoms with Crippen molar-refractivity contribution in [3.8, 4) is 17.1 Å². The number of hydrogen-bond donors (Lipinski definition) is 1. The van der Waals surface area contributed by atoms with E-state index in [0.717, 1.165) is 5.56 Å². The summed E-state index contributed by atoms with van der Waals surface area (Å²) in [7, 11) is 1.57. The first-order valence-electron chi connectivity index (χ1n) is 7.72. The first kappa shape index (κ1) is 17.0. The van der Waals surface area contributed by atoms with Crippen LogP contribution in [-0.4, -0.2) is 18.2 Å². The standard InChI is InChI=1S/C19H17ClN2O3/c1-12-17(19(23)21-11-13-7-9-14(20)10-8-13)18(25-22-12)15-5-3-4-6-16(15)24-2/h3-10H,11H2,1-2H3,(H,21,23). The first-order valence-corrected chi connectivity index (χ1v) is 8.10. The van der Waals surface area contributed by atoms with Crippen LogP contribution in [0.2, 0.25) is 5.02 Å². The molecule has 0 saturated heterocycles. The molecule has 0 spiro atoms. The molecule has 3 aromatic rings. The van der Waals surface area contributed by atoms with Crippen molar-refractivity contribution in [2.45, 2.75) is 13.5 Å². The van der Waals surface area contributed by atoms with Crippen LogP contribution in [0.4, 0.5) is 0 Å². The summed E-state index contributed by atoms with van der Waals surface area (Å²) in [6, 6.07) is 14.6. The highest BCUT2D eigenvalue weighted by Gasteiger charge is 2.23. The van der Waals surface area contributed by atoms with Crippen LogP contribution in [0, 0.1) is 6.92 Å². The van der Waals surface area contributed by atoms with Crippen molar-refractivity contribution >= 4 is 17.5 Å². The number of nitrogens with zero attached hydrogens (tertiary/aromatic N) is 1. The number of benzene rings is 2. The van der Waals surface area contributed by atoms with Gasteiger partial charge in [-0.05, 0) is 36.8 Å². The summed E-state index contributed by atoms with van der Waals surface area (Å²) in [5.41, 5.74) is 2.56. The highest BCUT2D eigenvalue weighted by atomic mass is 35.5. The van der Waals surface area contributed by atoms with Crippen LogP contribution in [0.15, 0.2) is 53.1 Å². The summed E-state index contributed by atoms with van der Waals surface area (Å²) < 4.78 is 10.8. The van der Waals surface area contributed by atoms with Crippen molar-refractivity contribution < 1.29 is 14.1 Å². The van der Waals surface area contributed by atoms with Crippen molar-refractivity contribution in [3.63, 3.8) is 0 Å². The smallest absolute Gasteiger partial charge is 0.257 e. The fraction of sp³-hybridized carbons (Fsp3) is 0.158. The number of carbonyl (C=O) groups excluding carboxylic acids is 1. The van der Waals surface area contributed by atoms with Crippen molar-refractivity contribution in [1.29, 1.82) is 0 Å². The molecular weight excluding hydrogens is 340 g/mol. The maximum Gasteiger partial charge on any atom is 0.257 e. The zero-order valence-electron chi connectivity index (χ0n) is 13.9. The van der Waals surface area contributed by atoms with Crippen LogP contribution in [0.3, 0.4) is 0 Å². The number of rotatable bonds is 5. The molecule has 6 heteroatoms. The van der Waals surface area contributed by atoms with Crippen molar-refractivity contribution in [3.05, 3.63) is 70.4 Å². The SMILES string of the molecule is COc1ccccc1-c1onc(C)c1C(=O)NCc1ccc(Cl)cc1. The van der Waals surface area contributed by atoms with E-state index in [9.17, 15) is 4.79 Å². The third-order valence-electron chi connectivity index (χ3n) is 3.81. The Kier molecular flexibility index (Phi) is 5.05. The van der Waals surface area contributed by atoms with Crippen LogP contribution in [0.1, 0.15) is 21.6 Å². The molecule has 2 aromatic carbocycles. The molecule has 3 rings (SSSR count). The van der Waals surface area contributed by atoms with Crippen LogP contribution in [0.25, 0.3) is 11.3 Å². The van der Waals surface area contributed by atoms with E-state index in [0.29, 0.717) is 39.9 Å². The molecule has 1 amide bonds. The third-order valence-corrected chi connectivity index (χ3v) is 4.06. The lowest BCUT2D eigenvalue weighted by atomic mass is 10.1. The molecule has 1 N–H and O–H groups in total. The Labute approximate surface area is 150 Å². The normalized spacial score (nSPS) is 10.5. The summed E-state index contributed by atoms with van der Waals surface area (Å²) in [5, 5.41) is 7.49. The van der Waals surface area contributed by atoms with E-state index in [1.54, 1.807) is 26.2 Å². The van der Waals surface area contributed by atoms with Crippen molar-refractivity contribution in [1.82, 2.24) is 10.5 Å². The molecule has 0 radical (unpaired) electrons. The number of amides is 1. The van der Waals surface area contributed by atoms with Crippen LogP contribution in [-0.2, 0) is 6.54 Å². The van der Waals surface area contributed by atoms with Gasteiger partial charge in [0.15, 0.2) is 5.76 Å². The van der Waals surface area contributed by atoms with Gasteiger partial charge in [0.1, 0.15) is 11.3 Å². The van der Waals surface area contributed by atoms with E-state index in [1.807, 2.05) is 36.4 Å². The number of carbonyl (C=O) groups is 1. The van der Waals surface area contributed by atoms with E-state index < -0.39 is 0 Å². The molecule has 0 aliphatic carbocycles. The average Bonchev–Trinajstić information content (AvgIpc) is 3.02. The molecule has 0 aliphatic rings. The Bertz CT molecular complexity index is 888. The number of hydrogen-bond acceptors (Lipinski definition) is 4. The Morgan fingerprint density at radius 1 is 1.20 bits per heavy atom. The highest BCUT2D eigenvalue weighted by Crippen LogP contribution is 2.33. The largest absolute Gasteiger partial charge is 0.496 e. The molecule has 0 unspecified atom stereocenters.